The van der Waals surface area contributed by atoms with Gasteiger partial charge in [0.15, 0.2) is 6.61 Å². The number of halogens is 3. The maximum atomic E-state index is 12.4. The van der Waals surface area contributed by atoms with E-state index in [1.807, 2.05) is 6.92 Å². The highest BCUT2D eigenvalue weighted by Crippen LogP contribution is 2.21. The maximum absolute atomic E-state index is 12.4. The number of hydrogen-bond donors (Lipinski definition) is 2. The number of pyridine rings is 1. The van der Waals surface area contributed by atoms with Gasteiger partial charge in [0, 0.05) is 44.4 Å². The molecule has 2 N–H and O–H groups in total. The third-order valence-electron chi connectivity index (χ3n) is 5.71. The van der Waals surface area contributed by atoms with E-state index in [0.29, 0.717) is 25.2 Å². The lowest BCUT2D eigenvalue weighted by Crippen LogP contribution is -2.41. The first-order valence-electron chi connectivity index (χ1n) is 11.3. The van der Waals surface area contributed by atoms with E-state index in [4.69, 9.17) is 4.74 Å². The maximum Gasteiger partial charge on any atom is 0.422 e. The molecule has 0 radical (unpaired) electrons. The molecule has 0 aromatic carbocycles. The zero-order chi connectivity index (χ0) is 23.8. The van der Waals surface area contributed by atoms with Crippen molar-refractivity contribution in [1.29, 1.82) is 0 Å². The zero-order valence-corrected chi connectivity index (χ0v) is 18.8. The number of aliphatic hydroxyl groups is 1. The number of ether oxygens (including phenoxy) is 1. The van der Waals surface area contributed by atoms with Crippen molar-refractivity contribution >= 4 is 5.91 Å². The van der Waals surface area contributed by atoms with Crippen LogP contribution in [0.15, 0.2) is 36.1 Å². The molecule has 3 heterocycles. The summed E-state index contributed by atoms with van der Waals surface area (Å²) in [6.45, 7) is 4.12. The van der Waals surface area contributed by atoms with Crippen molar-refractivity contribution in [2.75, 3.05) is 39.3 Å². The Morgan fingerprint density at radius 3 is 2.82 bits per heavy atom. The van der Waals surface area contributed by atoms with E-state index >= 15 is 0 Å². The highest BCUT2D eigenvalue weighted by Gasteiger charge is 2.29. The smallest absolute Gasteiger partial charge is 0.422 e. The summed E-state index contributed by atoms with van der Waals surface area (Å²) in [5.74, 6) is -0.187. The monoisotopic (exact) mass is 468 g/mol. The summed E-state index contributed by atoms with van der Waals surface area (Å²) >= 11 is 0. The molecule has 3 rings (SSSR count). The Morgan fingerprint density at radius 2 is 2.06 bits per heavy atom. The van der Waals surface area contributed by atoms with Crippen molar-refractivity contribution in [2.24, 2.45) is 0 Å². The van der Waals surface area contributed by atoms with Crippen molar-refractivity contribution in [3.05, 3.63) is 47.3 Å². The number of nitrogens with one attached hydrogen (secondary N) is 1. The molecule has 33 heavy (non-hydrogen) atoms. The summed E-state index contributed by atoms with van der Waals surface area (Å²) in [7, 11) is 0. The molecular formula is C23H31F3N4O3. The summed E-state index contributed by atoms with van der Waals surface area (Å²) in [5.41, 5.74) is 2.30. The molecule has 0 aliphatic carbocycles. The molecule has 2 aliphatic heterocycles. The van der Waals surface area contributed by atoms with Crippen LogP contribution < -0.4 is 10.1 Å². The van der Waals surface area contributed by atoms with Crippen molar-refractivity contribution in [2.45, 2.75) is 45.0 Å². The summed E-state index contributed by atoms with van der Waals surface area (Å²) < 4.78 is 41.8. The van der Waals surface area contributed by atoms with Crippen LogP contribution in [0.25, 0.3) is 0 Å². The van der Waals surface area contributed by atoms with Crippen LogP contribution in [0.3, 0.4) is 0 Å². The molecule has 1 aromatic heterocycles. The average molecular weight is 469 g/mol. The van der Waals surface area contributed by atoms with E-state index < -0.39 is 19.0 Å². The first kappa shape index (κ1) is 25.0. The number of alkyl halides is 3. The molecule has 0 saturated carbocycles. The number of nitrogens with zero attached hydrogens (tertiary/aromatic N) is 3. The molecule has 1 unspecified atom stereocenters. The Bertz CT molecular complexity index is 873. The van der Waals surface area contributed by atoms with Crippen LogP contribution in [0.1, 0.15) is 31.0 Å². The number of allylic oxidation sites excluding steroid dienone is 2. The van der Waals surface area contributed by atoms with Gasteiger partial charge < -0.3 is 25.0 Å². The van der Waals surface area contributed by atoms with Crippen LogP contribution in [0.5, 0.6) is 5.88 Å². The number of likely N-dealkylation sites (N-methyl/N-ethyl adjacent to an activating group) is 1. The minimum atomic E-state index is -4.38. The Kier molecular flexibility index (Phi) is 8.74. The standard InChI is InChI=1S/C23H31F3N4O3/c1-2-30-19(6-5-7-21(30)31)22(32)27-12-3-4-13-29-14-10-17-8-9-20(28-18(17)11-15-29)33-16-23(24,25)26/h5-9,21,31H,2-4,10-16H2,1H3,(H,27,32). The molecule has 0 spiro atoms. The van der Waals surface area contributed by atoms with Crippen LogP contribution in [0.4, 0.5) is 13.2 Å². The van der Waals surface area contributed by atoms with Gasteiger partial charge in [-0.05, 0) is 50.4 Å². The van der Waals surface area contributed by atoms with Gasteiger partial charge in [0.25, 0.3) is 5.91 Å². The topological polar surface area (TPSA) is 77.9 Å². The van der Waals surface area contributed by atoms with Gasteiger partial charge in [-0.3, -0.25) is 4.79 Å². The Morgan fingerprint density at radius 1 is 1.27 bits per heavy atom. The largest absolute Gasteiger partial charge is 0.468 e. The third-order valence-corrected chi connectivity index (χ3v) is 5.71. The minimum absolute atomic E-state index is 0.00740. The van der Waals surface area contributed by atoms with E-state index in [2.05, 4.69) is 15.2 Å². The van der Waals surface area contributed by atoms with E-state index in [-0.39, 0.29) is 11.8 Å². The molecule has 0 fully saturated rings. The normalized spacial score (nSPS) is 19.0. The fourth-order valence-electron chi connectivity index (χ4n) is 3.97. The highest BCUT2D eigenvalue weighted by molar-refractivity contribution is 5.93. The van der Waals surface area contributed by atoms with E-state index in [0.717, 1.165) is 50.2 Å². The van der Waals surface area contributed by atoms with Gasteiger partial charge in [0.05, 0.1) is 0 Å². The second-order valence-electron chi connectivity index (χ2n) is 8.10. The quantitative estimate of drug-likeness (QED) is 0.542. The summed E-state index contributed by atoms with van der Waals surface area (Å²) in [6, 6.07) is 3.30. The van der Waals surface area contributed by atoms with Gasteiger partial charge in [-0.15, -0.1) is 0 Å². The molecule has 0 bridgehead atoms. The number of unbranched alkanes of at least 4 members (excludes halogenated alkanes) is 1. The lowest BCUT2D eigenvalue weighted by atomic mass is 10.1. The predicted molar refractivity (Wildman–Crippen MR) is 117 cm³/mol. The number of amides is 1. The second-order valence-corrected chi connectivity index (χ2v) is 8.10. The van der Waals surface area contributed by atoms with Gasteiger partial charge in [0.1, 0.15) is 11.9 Å². The first-order valence-corrected chi connectivity index (χ1v) is 11.3. The number of carbonyl (C=O) groups excluding carboxylic acids is 1. The molecule has 7 nitrogen and oxygen atoms in total. The first-order chi connectivity index (χ1) is 15.8. The van der Waals surface area contributed by atoms with Crippen LogP contribution in [0, 0.1) is 0 Å². The minimum Gasteiger partial charge on any atom is -0.468 e. The van der Waals surface area contributed by atoms with Crippen molar-refractivity contribution in [3.63, 3.8) is 0 Å². The predicted octanol–water partition coefficient (Wildman–Crippen LogP) is 2.41. The number of aromatic nitrogens is 1. The van der Waals surface area contributed by atoms with Crippen molar-refractivity contribution in [1.82, 2.24) is 20.1 Å². The Hall–Kier alpha value is -2.59. The number of aliphatic hydroxyl groups excluding tert-OH is 1. The average Bonchev–Trinajstić information content (AvgIpc) is 2.98. The van der Waals surface area contributed by atoms with Gasteiger partial charge in [-0.1, -0.05) is 12.1 Å². The zero-order valence-electron chi connectivity index (χ0n) is 18.8. The fourth-order valence-corrected chi connectivity index (χ4v) is 3.97. The van der Waals surface area contributed by atoms with Gasteiger partial charge in [0.2, 0.25) is 5.88 Å². The van der Waals surface area contributed by atoms with Crippen LogP contribution in [-0.4, -0.2) is 77.5 Å². The van der Waals surface area contributed by atoms with Crippen LogP contribution in [-0.2, 0) is 17.6 Å². The molecule has 2 aliphatic rings. The van der Waals surface area contributed by atoms with E-state index in [1.165, 1.54) is 6.07 Å². The molecule has 1 amide bonds. The molecular weight excluding hydrogens is 437 g/mol. The van der Waals surface area contributed by atoms with Gasteiger partial charge in [-0.2, -0.15) is 13.2 Å². The molecule has 10 heteroatoms. The second kappa shape index (κ2) is 11.5. The van der Waals surface area contributed by atoms with Gasteiger partial charge >= 0.3 is 6.18 Å². The summed E-state index contributed by atoms with van der Waals surface area (Å²) in [4.78, 5) is 20.6. The lowest BCUT2D eigenvalue weighted by molar-refractivity contribution is -0.154. The molecule has 182 valence electrons. The molecule has 1 atom stereocenters. The van der Waals surface area contributed by atoms with E-state index in [1.54, 1.807) is 29.2 Å². The lowest BCUT2D eigenvalue weighted by Gasteiger charge is -2.30. The Balaban J connectivity index is 1.38. The van der Waals surface area contributed by atoms with Gasteiger partial charge in [-0.25, -0.2) is 4.98 Å². The summed E-state index contributed by atoms with van der Waals surface area (Å²) in [6.07, 6.45) is 3.02. The van der Waals surface area contributed by atoms with Crippen molar-refractivity contribution < 1.29 is 27.8 Å². The third kappa shape index (κ3) is 7.46. The summed E-state index contributed by atoms with van der Waals surface area (Å²) in [5, 5.41) is 12.9. The van der Waals surface area contributed by atoms with Crippen LogP contribution in [0.2, 0.25) is 0 Å². The number of carbonyl (C=O) groups is 1. The number of rotatable bonds is 9. The highest BCUT2D eigenvalue weighted by atomic mass is 19.4. The van der Waals surface area contributed by atoms with Crippen molar-refractivity contribution in [3.8, 4) is 5.88 Å². The molecule has 1 aromatic rings. The SMILES string of the molecule is CCN1C(C(=O)NCCCCN2CCc3ccc(OCC(F)(F)F)nc3CC2)=CC=CC1O. The number of fused-ring (bicyclic) bond motifs is 1. The Labute approximate surface area is 191 Å². The molecule has 0 saturated heterocycles. The number of hydrogen-bond acceptors (Lipinski definition) is 6. The van der Waals surface area contributed by atoms with Crippen LogP contribution >= 0.6 is 0 Å². The fraction of sp³-hybridized carbons (Fsp3) is 0.565. The van der Waals surface area contributed by atoms with E-state index in [9.17, 15) is 23.1 Å².